The third-order valence-corrected chi connectivity index (χ3v) is 4.76. The largest absolute Gasteiger partial charge is 0.459 e. The third kappa shape index (κ3) is 3.92. The molecular formula is C22H20N2O3. The van der Waals surface area contributed by atoms with Gasteiger partial charge in [0.25, 0.3) is 11.8 Å². The Morgan fingerprint density at radius 1 is 0.778 bits per heavy atom. The fraction of sp³-hybridized carbons (Fsp3) is 0.182. The van der Waals surface area contributed by atoms with Crippen LogP contribution < -0.4 is 10.6 Å². The second-order valence-electron chi connectivity index (χ2n) is 6.65. The van der Waals surface area contributed by atoms with Crippen molar-refractivity contribution in [1.82, 2.24) is 0 Å². The van der Waals surface area contributed by atoms with Crippen molar-refractivity contribution >= 4 is 23.2 Å². The topological polar surface area (TPSA) is 71.3 Å². The number of carbonyl (C=O) groups excluding carboxylic acids is 2. The Kier molecular flexibility index (Phi) is 4.75. The molecule has 0 atom stereocenters. The van der Waals surface area contributed by atoms with Crippen molar-refractivity contribution in [3.05, 3.63) is 83.3 Å². The molecule has 3 aromatic rings. The van der Waals surface area contributed by atoms with Crippen LogP contribution in [0.5, 0.6) is 0 Å². The Morgan fingerprint density at radius 2 is 1.44 bits per heavy atom. The molecule has 0 radical (unpaired) electrons. The van der Waals surface area contributed by atoms with Gasteiger partial charge in [-0.2, -0.15) is 0 Å². The average Bonchev–Trinajstić information content (AvgIpc) is 3.24. The monoisotopic (exact) mass is 360 g/mol. The number of anilines is 2. The fourth-order valence-corrected chi connectivity index (χ4v) is 3.32. The minimum Gasteiger partial charge on any atom is -0.459 e. The van der Waals surface area contributed by atoms with E-state index >= 15 is 0 Å². The molecular weight excluding hydrogens is 340 g/mol. The van der Waals surface area contributed by atoms with Crippen molar-refractivity contribution in [2.45, 2.75) is 25.7 Å². The predicted molar refractivity (Wildman–Crippen MR) is 104 cm³/mol. The zero-order chi connectivity index (χ0) is 18.6. The minimum atomic E-state index is -0.314. The summed E-state index contributed by atoms with van der Waals surface area (Å²) in [7, 11) is 0. The van der Waals surface area contributed by atoms with Crippen molar-refractivity contribution in [2.75, 3.05) is 10.6 Å². The van der Waals surface area contributed by atoms with Gasteiger partial charge in [0, 0.05) is 16.9 Å². The maximum atomic E-state index is 12.5. The number of aryl methyl sites for hydroxylation is 2. The highest BCUT2D eigenvalue weighted by Crippen LogP contribution is 2.23. The summed E-state index contributed by atoms with van der Waals surface area (Å²) in [6.45, 7) is 0. The highest BCUT2D eigenvalue weighted by molar-refractivity contribution is 6.05. The molecule has 0 aliphatic heterocycles. The van der Waals surface area contributed by atoms with Crippen molar-refractivity contribution in [1.29, 1.82) is 0 Å². The lowest BCUT2D eigenvalue weighted by Crippen LogP contribution is -2.14. The molecule has 0 saturated carbocycles. The van der Waals surface area contributed by atoms with Gasteiger partial charge in [-0.3, -0.25) is 9.59 Å². The van der Waals surface area contributed by atoms with Crippen LogP contribution >= 0.6 is 0 Å². The minimum absolute atomic E-state index is 0.129. The summed E-state index contributed by atoms with van der Waals surface area (Å²) in [5.41, 5.74) is 4.61. The van der Waals surface area contributed by atoms with Gasteiger partial charge in [0.2, 0.25) is 0 Å². The van der Waals surface area contributed by atoms with Crippen molar-refractivity contribution in [3.63, 3.8) is 0 Å². The molecule has 0 fully saturated rings. The molecule has 2 N–H and O–H groups in total. The summed E-state index contributed by atoms with van der Waals surface area (Å²) in [5, 5.41) is 5.65. The Hall–Kier alpha value is -3.34. The zero-order valence-corrected chi connectivity index (χ0v) is 14.8. The van der Waals surface area contributed by atoms with E-state index in [9.17, 15) is 9.59 Å². The summed E-state index contributed by atoms with van der Waals surface area (Å²) in [6, 6.07) is 16.2. The van der Waals surface area contributed by atoms with E-state index in [0.29, 0.717) is 16.9 Å². The van der Waals surface area contributed by atoms with Gasteiger partial charge in [0.1, 0.15) is 0 Å². The average molecular weight is 360 g/mol. The quantitative estimate of drug-likeness (QED) is 0.711. The molecule has 1 aliphatic carbocycles. The number of furan rings is 1. The highest BCUT2D eigenvalue weighted by atomic mass is 16.3. The number of rotatable bonds is 4. The predicted octanol–water partition coefficient (Wildman–Crippen LogP) is 4.66. The molecule has 5 heteroatoms. The summed E-state index contributed by atoms with van der Waals surface area (Å²) in [5.74, 6) is -0.193. The standard InChI is InChI=1S/C22H20N2O3/c25-21(17-8-7-15-4-1-2-5-16(15)14-17)23-18-9-11-19(12-10-18)24-22(26)20-6-3-13-27-20/h3,6-14H,1-2,4-5H2,(H,23,25)(H,24,26). The highest BCUT2D eigenvalue weighted by Gasteiger charge is 2.13. The molecule has 0 bridgehead atoms. The molecule has 0 saturated heterocycles. The van der Waals surface area contributed by atoms with Gasteiger partial charge in [-0.05, 0) is 85.3 Å². The fourth-order valence-electron chi connectivity index (χ4n) is 3.32. The van der Waals surface area contributed by atoms with Crippen LogP contribution in [-0.4, -0.2) is 11.8 Å². The smallest absolute Gasteiger partial charge is 0.291 e. The van der Waals surface area contributed by atoms with Crippen molar-refractivity contribution in [3.8, 4) is 0 Å². The van der Waals surface area contributed by atoms with Crippen LogP contribution in [0.4, 0.5) is 11.4 Å². The van der Waals surface area contributed by atoms with E-state index in [-0.39, 0.29) is 17.6 Å². The van der Waals surface area contributed by atoms with E-state index in [4.69, 9.17) is 4.42 Å². The van der Waals surface area contributed by atoms with Gasteiger partial charge in [0.15, 0.2) is 5.76 Å². The van der Waals surface area contributed by atoms with Gasteiger partial charge < -0.3 is 15.1 Å². The number of carbonyl (C=O) groups is 2. The van der Waals surface area contributed by atoms with Crippen LogP contribution in [0.3, 0.4) is 0 Å². The van der Waals surface area contributed by atoms with Gasteiger partial charge >= 0.3 is 0 Å². The third-order valence-electron chi connectivity index (χ3n) is 4.76. The van der Waals surface area contributed by atoms with E-state index in [2.05, 4.69) is 16.7 Å². The Balaban J connectivity index is 1.41. The first-order chi connectivity index (χ1) is 13.2. The van der Waals surface area contributed by atoms with Gasteiger partial charge in [-0.1, -0.05) is 6.07 Å². The molecule has 5 nitrogen and oxygen atoms in total. The van der Waals surface area contributed by atoms with E-state index in [1.165, 1.54) is 30.2 Å². The van der Waals surface area contributed by atoms with Crippen LogP contribution in [0.1, 0.15) is 44.9 Å². The summed E-state index contributed by atoms with van der Waals surface area (Å²) in [4.78, 5) is 24.5. The van der Waals surface area contributed by atoms with E-state index in [1.54, 1.807) is 36.4 Å². The summed E-state index contributed by atoms with van der Waals surface area (Å²) in [6.07, 6.45) is 6.00. The molecule has 2 amide bonds. The number of hydrogen-bond donors (Lipinski definition) is 2. The number of hydrogen-bond acceptors (Lipinski definition) is 3. The molecule has 1 aromatic heterocycles. The van der Waals surface area contributed by atoms with Crippen molar-refractivity contribution in [2.24, 2.45) is 0 Å². The van der Waals surface area contributed by atoms with E-state index < -0.39 is 0 Å². The Bertz CT molecular complexity index is 960. The molecule has 27 heavy (non-hydrogen) atoms. The Morgan fingerprint density at radius 3 is 2.11 bits per heavy atom. The maximum Gasteiger partial charge on any atom is 0.291 e. The molecule has 0 unspecified atom stereocenters. The lowest BCUT2D eigenvalue weighted by atomic mass is 9.90. The maximum absolute atomic E-state index is 12.5. The summed E-state index contributed by atoms with van der Waals surface area (Å²) >= 11 is 0. The molecule has 0 spiro atoms. The van der Waals surface area contributed by atoms with Crippen molar-refractivity contribution < 1.29 is 14.0 Å². The van der Waals surface area contributed by atoms with E-state index in [1.807, 2.05) is 12.1 Å². The second-order valence-corrected chi connectivity index (χ2v) is 6.65. The van der Waals surface area contributed by atoms with Crippen LogP contribution in [0.25, 0.3) is 0 Å². The number of benzene rings is 2. The molecule has 1 heterocycles. The first-order valence-electron chi connectivity index (χ1n) is 9.07. The SMILES string of the molecule is O=C(Nc1ccc(NC(=O)c2ccco2)cc1)c1ccc2c(c1)CCCC2. The van der Waals surface area contributed by atoms with Gasteiger partial charge in [0.05, 0.1) is 6.26 Å². The Labute approximate surface area is 157 Å². The van der Waals surface area contributed by atoms with Gasteiger partial charge in [-0.25, -0.2) is 0 Å². The summed E-state index contributed by atoms with van der Waals surface area (Å²) < 4.78 is 5.06. The normalized spacial score (nSPS) is 12.9. The number of nitrogens with one attached hydrogen (secondary N) is 2. The lowest BCUT2D eigenvalue weighted by molar-refractivity contribution is 0.0994. The number of amides is 2. The van der Waals surface area contributed by atoms with Gasteiger partial charge in [-0.15, -0.1) is 0 Å². The first kappa shape index (κ1) is 17.1. The first-order valence-corrected chi connectivity index (χ1v) is 9.07. The van der Waals surface area contributed by atoms with E-state index in [0.717, 1.165) is 12.8 Å². The number of fused-ring (bicyclic) bond motifs is 1. The molecule has 1 aliphatic rings. The lowest BCUT2D eigenvalue weighted by Gasteiger charge is -2.16. The van der Waals surface area contributed by atoms with Crippen LogP contribution in [0, 0.1) is 0 Å². The molecule has 4 rings (SSSR count). The van der Waals surface area contributed by atoms with Crippen LogP contribution in [0.15, 0.2) is 65.3 Å². The zero-order valence-electron chi connectivity index (χ0n) is 14.8. The van der Waals surface area contributed by atoms with Crippen LogP contribution in [-0.2, 0) is 12.8 Å². The second kappa shape index (κ2) is 7.50. The molecule has 2 aromatic carbocycles. The molecule has 136 valence electrons. The van der Waals surface area contributed by atoms with Crippen LogP contribution in [0.2, 0.25) is 0 Å².